The number of hydrogen-bond acceptors (Lipinski definition) is 0. The van der Waals surface area contributed by atoms with Gasteiger partial charge in [-0.15, -0.1) is 12.1 Å². The molecule has 0 N–H and O–H groups in total. The molecule has 0 atom stereocenters. The van der Waals surface area contributed by atoms with Gasteiger partial charge in [0, 0.05) is 18.6 Å². The molecule has 0 aliphatic rings. The number of rotatable bonds is 0. The van der Waals surface area contributed by atoms with Crippen LogP contribution < -0.4 is 12.4 Å². The van der Waals surface area contributed by atoms with Gasteiger partial charge >= 0.3 is 23.1 Å². The zero-order chi connectivity index (χ0) is 5.11. The van der Waals surface area contributed by atoms with Gasteiger partial charge in [-0.1, -0.05) is 6.07 Å². The minimum absolute atomic E-state index is 0. The van der Waals surface area contributed by atoms with Crippen molar-refractivity contribution >= 4 is 23.1 Å². The number of benzene rings is 1. The van der Waals surface area contributed by atoms with E-state index in [0.717, 1.165) is 5.56 Å². The van der Waals surface area contributed by atoms with E-state index in [0.29, 0.717) is 0 Å². The van der Waals surface area contributed by atoms with Crippen LogP contribution >= 0.6 is 0 Å². The largest absolute Gasteiger partial charge is 2.00 e. The first-order chi connectivity index (χ1) is 3.39. The molecule has 1 aromatic rings. The molecule has 10 heavy (non-hydrogen) atoms. The molecule has 1 aromatic carbocycles. The summed E-state index contributed by atoms with van der Waals surface area (Å²) in [7, 11) is 0. The van der Waals surface area contributed by atoms with E-state index >= 15 is 0 Å². The Hall–Kier alpha value is 0.731. The Balaban J connectivity index is -0.000000163. The third-order valence-electron chi connectivity index (χ3n) is 0.843. The average Bonchev–Trinajstić information content (AvgIpc) is 1.69. The van der Waals surface area contributed by atoms with Gasteiger partial charge in [-0.3, -0.25) is 0 Å². The molecule has 49 valence electrons. The molecule has 0 bridgehead atoms. The minimum Gasteiger partial charge on any atom is -1.00 e. The first kappa shape index (κ1) is 17.0. The fourth-order valence-electron chi connectivity index (χ4n) is 0.478. The van der Waals surface area contributed by atoms with E-state index in [-0.39, 0.29) is 54.0 Å². The van der Waals surface area contributed by atoms with Crippen molar-refractivity contribution in [2.24, 2.45) is 0 Å². The molecule has 3 heteroatoms. The molecule has 0 aliphatic heterocycles. The van der Waals surface area contributed by atoms with Crippen LogP contribution in [0.4, 0.5) is 0 Å². The molecule has 1 radical (unpaired) electrons. The molecule has 0 fully saturated rings. The normalized spacial score (nSPS) is 6.00. The molecule has 0 amide bonds. The molecule has 0 unspecified atom stereocenters. The second-order valence-corrected chi connectivity index (χ2v) is 1.49. The molecule has 1 rings (SSSR count). The molecule has 0 aromatic heterocycles. The van der Waals surface area contributed by atoms with E-state index in [1.165, 1.54) is 0 Å². The van der Waals surface area contributed by atoms with E-state index in [2.05, 4.69) is 6.92 Å². The fourth-order valence-corrected chi connectivity index (χ4v) is 0.478. The molecule has 0 nitrogen and oxygen atoms in total. The predicted octanol–water partition coefficient (Wildman–Crippen LogP) is -1.51. The Labute approximate surface area is 96.2 Å². The zero-order valence-corrected chi connectivity index (χ0v) is 9.19. The summed E-state index contributed by atoms with van der Waals surface area (Å²) in [6.45, 7) is 3.72. The Bertz CT molecular complexity index is 144. The Morgan fingerprint density at radius 1 is 1.00 bits per heavy atom. The van der Waals surface area contributed by atoms with Gasteiger partial charge in [0.05, 0.1) is 0 Å². The van der Waals surface area contributed by atoms with Gasteiger partial charge < -0.3 is 12.4 Å². The smallest absolute Gasteiger partial charge is 1.00 e. The van der Waals surface area contributed by atoms with E-state index in [1.54, 1.807) is 0 Å². The average molecular weight is 202 g/mol. The Kier molecular flexibility index (Phi) is 16.5. The third-order valence-corrected chi connectivity index (χ3v) is 0.843. The van der Waals surface area contributed by atoms with E-state index in [4.69, 9.17) is 0 Å². The van der Waals surface area contributed by atoms with Crippen LogP contribution in [0, 0.1) is 6.92 Å². The number of halogens is 1. The molecular formula is C7H7ClMgV. The van der Waals surface area contributed by atoms with Gasteiger partial charge in [0.15, 0.2) is 0 Å². The zero-order valence-electron chi connectivity index (χ0n) is 5.63. The van der Waals surface area contributed by atoms with Crippen molar-refractivity contribution in [1.82, 2.24) is 0 Å². The second-order valence-electron chi connectivity index (χ2n) is 1.49. The topological polar surface area (TPSA) is 0 Å². The van der Waals surface area contributed by atoms with Crippen LogP contribution in [0.3, 0.4) is 0 Å². The van der Waals surface area contributed by atoms with Gasteiger partial charge in [-0.2, -0.15) is 24.6 Å². The first-order valence-corrected chi connectivity index (χ1v) is 2.26. The van der Waals surface area contributed by atoms with Crippen molar-refractivity contribution in [2.45, 2.75) is 0 Å². The molecule has 0 saturated heterocycles. The summed E-state index contributed by atoms with van der Waals surface area (Å²) in [5.74, 6) is 0. The van der Waals surface area contributed by atoms with Crippen LogP contribution in [0.1, 0.15) is 5.56 Å². The van der Waals surface area contributed by atoms with Crippen molar-refractivity contribution < 1.29 is 31.0 Å². The van der Waals surface area contributed by atoms with Gasteiger partial charge in [0.2, 0.25) is 0 Å². The summed E-state index contributed by atoms with van der Waals surface area (Å²) in [6.07, 6.45) is 0. The summed E-state index contributed by atoms with van der Waals surface area (Å²) >= 11 is 0. The van der Waals surface area contributed by atoms with E-state index in [1.807, 2.05) is 30.3 Å². The van der Waals surface area contributed by atoms with Crippen LogP contribution in [0.15, 0.2) is 30.3 Å². The van der Waals surface area contributed by atoms with Crippen molar-refractivity contribution in [2.75, 3.05) is 0 Å². The van der Waals surface area contributed by atoms with Crippen LogP contribution in [-0.2, 0) is 18.6 Å². The monoisotopic (exact) mass is 201 g/mol. The molecule has 0 spiro atoms. The predicted molar refractivity (Wildman–Crippen MR) is 36.7 cm³/mol. The van der Waals surface area contributed by atoms with Gasteiger partial charge in [-0.05, 0) is 0 Å². The van der Waals surface area contributed by atoms with Crippen molar-refractivity contribution in [3.05, 3.63) is 42.8 Å². The van der Waals surface area contributed by atoms with E-state index < -0.39 is 0 Å². The number of hydrogen-bond donors (Lipinski definition) is 0. The van der Waals surface area contributed by atoms with Crippen molar-refractivity contribution in [3.8, 4) is 0 Å². The SMILES string of the molecule is [CH2-]c1ccccc1.[Cl-].[Mg+2].[V]. The third kappa shape index (κ3) is 6.85. The molecule has 0 heterocycles. The van der Waals surface area contributed by atoms with Gasteiger partial charge in [0.25, 0.3) is 0 Å². The second kappa shape index (κ2) is 9.73. The maximum absolute atomic E-state index is 3.72. The summed E-state index contributed by atoms with van der Waals surface area (Å²) in [4.78, 5) is 0. The van der Waals surface area contributed by atoms with Crippen molar-refractivity contribution in [3.63, 3.8) is 0 Å². The van der Waals surface area contributed by atoms with Crippen LogP contribution in [-0.4, -0.2) is 23.1 Å². The van der Waals surface area contributed by atoms with Gasteiger partial charge in [-0.25, -0.2) is 0 Å². The standard InChI is InChI=1S/C7H7.ClH.Mg.V/c1-7-5-3-2-4-6-7;;;/h2-6H,1H2;1H;;/q-1;;+2;/p-1. The summed E-state index contributed by atoms with van der Waals surface area (Å²) in [5, 5.41) is 0. The Morgan fingerprint density at radius 2 is 1.40 bits per heavy atom. The molecular weight excluding hydrogens is 195 g/mol. The van der Waals surface area contributed by atoms with Crippen LogP contribution in [0.25, 0.3) is 0 Å². The maximum Gasteiger partial charge on any atom is 2.00 e. The van der Waals surface area contributed by atoms with Crippen molar-refractivity contribution in [1.29, 1.82) is 0 Å². The Morgan fingerprint density at radius 3 is 1.60 bits per heavy atom. The van der Waals surface area contributed by atoms with Crippen LogP contribution in [0.2, 0.25) is 0 Å². The quantitative estimate of drug-likeness (QED) is 0.354. The molecule has 0 aliphatic carbocycles. The maximum atomic E-state index is 3.72. The summed E-state index contributed by atoms with van der Waals surface area (Å²) in [5.41, 5.74) is 1.07. The van der Waals surface area contributed by atoms with Gasteiger partial charge in [0.1, 0.15) is 0 Å². The fraction of sp³-hybridized carbons (Fsp3) is 0. The first-order valence-electron chi connectivity index (χ1n) is 2.26. The van der Waals surface area contributed by atoms with Crippen LogP contribution in [0.5, 0.6) is 0 Å². The van der Waals surface area contributed by atoms with E-state index in [9.17, 15) is 0 Å². The molecule has 0 saturated carbocycles. The minimum atomic E-state index is 0. The summed E-state index contributed by atoms with van der Waals surface area (Å²) in [6, 6.07) is 9.87. The summed E-state index contributed by atoms with van der Waals surface area (Å²) < 4.78 is 0.